The predicted molar refractivity (Wildman–Crippen MR) is 102 cm³/mol. The second kappa shape index (κ2) is 7.93. The van der Waals surface area contributed by atoms with Crippen molar-refractivity contribution in [3.63, 3.8) is 0 Å². The molecule has 0 saturated carbocycles. The number of rotatable bonds is 6. The van der Waals surface area contributed by atoms with Crippen molar-refractivity contribution in [2.75, 3.05) is 6.61 Å². The first-order valence-electron chi connectivity index (χ1n) is 8.84. The van der Waals surface area contributed by atoms with E-state index in [1.54, 1.807) is 16.3 Å². The molecule has 1 unspecified atom stereocenters. The normalized spacial score (nSPS) is 17.0. The number of aromatic nitrogens is 3. The van der Waals surface area contributed by atoms with Gasteiger partial charge in [-0.05, 0) is 24.0 Å². The van der Waals surface area contributed by atoms with Gasteiger partial charge in [0.2, 0.25) is 0 Å². The van der Waals surface area contributed by atoms with E-state index in [1.807, 2.05) is 36.4 Å². The van der Waals surface area contributed by atoms with Gasteiger partial charge in [0.05, 0.1) is 17.9 Å². The Morgan fingerprint density at radius 2 is 1.77 bits per heavy atom. The van der Waals surface area contributed by atoms with Crippen LogP contribution < -0.4 is 5.69 Å². The van der Waals surface area contributed by atoms with Gasteiger partial charge < -0.3 is 4.74 Å². The van der Waals surface area contributed by atoms with Gasteiger partial charge in [-0.2, -0.15) is 0 Å². The molecule has 1 aromatic heterocycles. The molecule has 2 heterocycles. The summed E-state index contributed by atoms with van der Waals surface area (Å²) in [4.78, 5) is 12.3. The molecule has 1 N–H and O–H groups in total. The average molecular weight is 367 g/mol. The Labute approximate surface area is 156 Å². The van der Waals surface area contributed by atoms with Gasteiger partial charge in [-0.15, -0.1) is 5.10 Å². The minimum atomic E-state index is -0.178. The van der Waals surface area contributed by atoms with Crippen molar-refractivity contribution in [1.29, 1.82) is 0 Å². The summed E-state index contributed by atoms with van der Waals surface area (Å²) in [5, 5.41) is 7.64. The number of hydrogen-bond donors (Lipinski definition) is 1. The van der Waals surface area contributed by atoms with Crippen LogP contribution in [0.3, 0.4) is 0 Å². The number of nitrogens with one attached hydrogen (secondary N) is 1. The van der Waals surface area contributed by atoms with Gasteiger partial charge in [0.25, 0.3) is 0 Å². The minimum absolute atomic E-state index is 0.0656. The fourth-order valence-corrected chi connectivity index (χ4v) is 4.42. The zero-order chi connectivity index (χ0) is 17.8. The molecule has 3 aromatic rings. The summed E-state index contributed by atoms with van der Waals surface area (Å²) >= 11 is 1.59. The summed E-state index contributed by atoms with van der Waals surface area (Å²) in [5.41, 5.74) is 2.19. The molecule has 2 aromatic carbocycles. The van der Waals surface area contributed by atoms with Crippen LogP contribution in [0.5, 0.6) is 0 Å². The summed E-state index contributed by atoms with van der Waals surface area (Å²) in [5.74, 6) is 0. The van der Waals surface area contributed by atoms with Crippen molar-refractivity contribution in [3.05, 3.63) is 82.3 Å². The van der Waals surface area contributed by atoms with Crippen LogP contribution in [0.2, 0.25) is 0 Å². The molecule has 5 nitrogen and oxygen atoms in total. The van der Waals surface area contributed by atoms with Gasteiger partial charge in [0, 0.05) is 6.61 Å². The molecule has 1 atom stereocenters. The number of aromatic amines is 1. The highest BCUT2D eigenvalue weighted by molar-refractivity contribution is 7.99. The first-order chi connectivity index (χ1) is 12.8. The van der Waals surface area contributed by atoms with Crippen LogP contribution in [0.1, 0.15) is 29.2 Å². The number of ether oxygens (including phenoxy) is 1. The summed E-state index contributed by atoms with van der Waals surface area (Å²) in [6.45, 7) is 1.32. The van der Waals surface area contributed by atoms with E-state index in [2.05, 4.69) is 34.5 Å². The molecule has 1 fully saturated rings. The maximum Gasteiger partial charge on any atom is 0.344 e. The van der Waals surface area contributed by atoms with Crippen LogP contribution >= 0.6 is 11.8 Å². The van der Waals surface area contributed by atoms with Crippen molar-refractivity contribution in [2.45, 2.75) is 35.9 Å². The average Bonchev–Trinajstić information content (AvgIpc) is 3.33. The Balaban J connectivity index is 1.65. The molecular weight excluding hydrogens is 346 g/mol. The highest BCUT2D eigenvalue weighted by Gasteiger charge is 2.23. The van der Waals surface area contributed by atoms with Crippen molar-refractivity contribution in [3.8, 4) is 0 Å². The van der Waals surface area contributed by atoms with Gasteiger partial charge in [0.1, 0.15) is 0 Å². The summed E-state index contributed by atoms with van der Waals surface area (Å²) in [6, 6.07) is 20.6. The summed E-state index contributed by atoms with van der Waals surface area (Å²) < 4.78 is 7.41. The standard InChI is InChI=1S/C20H21N3O2S/c24-19-21-22-20(23(19)14-17-12-7-13-25-17)26-18(15-8-3-1-4-9-15)16-10-5-2-6-11-16/h1-6,8-11,17-18H,7,12-14H2,(H,21,24). The molecule has 0 aliphatic carbocycles. The lowest BCUT2D eigenvalue weighted by atomic mass is 10.0. The third-order valence-electron chi connectivity index (χ3n) is 4.56. The molecular formula is C20H21N3O2S. The van der Waals surface area contributed by atoms with E-state index in [1.165, 1.54) is 11.1 Å². The van der Waals surface area contributed by atoms with Crippen molar-refractivity contribution in [2.24, 2.45) is 0 Å². The monoisotopic (exact) mass is 367 g/mol. The number of nitrogens with zero attached hydrogens (tertiary/aromatic N) is 2. The molecule has 0 spiro atoms. The molecule has 1 aliphatic heterocycles. The number of thioether (sulfide) groups is 1. The predicted octanol–water partition coefficient (Wildman–Crippen LogP) is 3.63. The molecule has 26 heavy (non-hydrogen) atoms. The lowest BCUT2D eigenvalue weighted by molar-refractivity contribution is 0.0941. The Kier molecular flexibility index (Phi) is 5.22. The Morgan fingerprint density at radius 3 is 2.35 bits per heavy atom. The van der Waals surface area contributed by atoms with E-state index in [0.29, 0.717) is 11.7 Å². The van der Waals surface area contributed by atoms with Crippen molar-refractivity contribution >= 4 is 11.8 Å². The topological polar surface area (TPSA) is 59.9 Å². The zero-order valence-electron chi connectivity index (χ0n) is 14.4. The Morgan fingerprint density at radius 1 is 1.12 bits per heavy atom. The largest absolute Gasteiger partial charge is 0.376 e. The fourth-order valence-electron chi connectivity index (χ4n) is 3.24. The molecule has 0 amide bonds. The highest BCUT2D eigenvalue weighted by Crippen LogP contribution is 2.39. The zero-order valence-corrected chi connectivity index (χ0v) is 15.2. The van der Waals surface area contributed by atoms with Gasteiger partial charge in [-0.1, -0.05) is 72.4 Å². The fraction of sp³-hybridized carbons (Fsp3) is 0.300. The third-order valence-corrected chi connectivity index (χ3v) is 5.86. The molecule has 0 radical (unpaired) electrons. The first kappa shape index (κ1) is 17.1. The van der Waals surface area contributed by atoms with E-state index < -0.39 is 0 Å². The Hall–Kier alpha value is -2.31. The van der Waals surface area contributed by atoms with Crippen LogP contribution in [0.15, 0.2) is 70.6 Å². The van der Waals surface area contributed by atoms with Gasteiger partial charge >= 0.3 is 5.69 Å². The SMILES string of the molecule is O=c1[nH]nc(SC(c2ccccc2)c2ccccc2)n1CC1CCCO1. The van der Waals surface area contributed by atoms with E-state index >= 15 is 0 Å². The van der Waals surface area contributed by atoms with E-state index in [0.717, 1.165) is 19.4 Å². The highest BCUT2D eigenvalue weighted by atomic mass is 32.2. The lowest BCUT2D eigenvalue weighted by Crippen LogP contribution is -2.25. The smallest absolute Gasteiger partial charge is 0.344 e. The third kappa shape index (κ3) is 3.76. The Bertz CT molecular complexity index is 847. The molecule has 1 aliphatic rings. The molecule has 0 bridgehead atoms. The summed E-state index contributed by atoms with van der Waals surface area (Å²) in [6.07, 6.45) is 2.13. The molecule has 1 saturated heterocycles. The van der Waals surface area contributed by atoms with Crippen LogP contribution in [-0.2, 0) is 11.3 Å². The van der Waals surface area contributed by atoms with E-state index in [4.69, 9.17) is 4.74 Å². The quantitative estimate of drug-likeness (QED) is 0.676. The van der Waals surface area contributed by atoms with E-state index in [-0.39, 0.29) is 17.0 Å². The van der Waals surface area contributed by atoms with Crippen LogP contribution in [0, 0.1) is 0 Å². The van der Waals surface area contributed by atoms with Crippen LogP contribution in [0.4, 0.5) is 0 Å². The van der Waals surface area contributed by atoms with Gasteiger partial charge in [-0.25, -0.2) is 9.89 Å². The summed E-state index contributed by atoms with van der Waals surface area (Å²) in [7, 11) is 0. The minimum Gasteiger partial charge on any atom is -0.376 e. The first-order valence-corrected chi connectivity index (χ1v) is 9.72. The molecule has 134 valence electrons. The lowest BCUT2D eigenvalue weighted by Gasteiger charge is -2.18. The number of hydrogen-bond acceptors (Lipinski definition) is 4. The van der Waals surface area contributed by atoms with Gasteiger partial charge in [0.15, 0.2) is 5.16 Å². The van der Waals surface area contributed by atoms with Crippen LogP contribution in [-0.4, -0.2) is 27.5 Å². The van der Waals surface area contributed by atoms with Crippen molar-refractivity contribution < 1.29 is 4.74 Å². The molecule has 4 rings (SSSR count). The second-order valence-corrected chi connectivity index (χ2v) is 7.45. The second-order valence-electron chi connectivity index (χ2n) is 6.38. The maximum absolute atomic E-state index is 12.3. The van der Waals surface area contributed by atoms with Crippen molar-refractivity contribution in [1.82, 2.24) is 14.8 Å². The van der Waals surface area contributed by atoms with E-state index in [9.17, 15) is 4.79 Å². The van der Waals surface area contributed by atoms with Crippen LogP contribution in [0.25, 0.3) is 0 Å². The van der Waals surface area contributed by atoms with Gasteiger partial charge in [-0.3, -0.25) is 4.57 Å². The number of benzene rings is 2. The molecule has 6 heteroatoms. The number of H-pyrrole nitrogens is 1. The maximum atomic E-state index is 12.3.